The van der Waals surface area contributed by atoms with Crippen LogP contribution >= 0.6 is 0 Å². The number of nitriles is 1. The molecule has 0 spiro atoms. The molecular formula is C32H36N4O4. The van der Waals surface area contributed by atoms with Crippen molar-refractivity contribution in [3.8, 4) is 22.9 Å². The number of nitrogens with zero attached hydrogens (tertiary/aromatic N) is 1. The van der Waals surface area contributed by atoms with E-state index < -0.39 is 6.04 Å². The summed E-state index contributed by atoms with van der Waals surface area (Å²) < 4.78 is 5.32. The third-order valence-corrected chi connectivity index (χ3v) is 6.43. The number of nitrogens with one attached hydrogen (secondary N) is 3. The highest BCUT2D eigenvalue weighted by Gasteiger charge is 2.20. The molecule has 0 aromatic heterocycles. The molecule has 3 aromatic rings. The lowest BCUT2D eigenvalue weighted by atomic mass is 9.95. The van der Waals surface area contributed by atoms with Crippen molar-refractivity contribution in [1.82, 2.24) is 16.0 Å². The number of benzene rings is 3. The molecule has 8 heteroatoms. The SMILES string of the molecule is COc1cccc(-c2cc(C=O)cc(C(=O)N[C@H](CN[C@@H](C)C(=O)NCC(C)C)Cc3ccccc3)c2)c1C#N. The molecule has 0 saturated carbocycles. The Morgan fingerprint density at radius 3 is 2.40 bits per heavy atom. The van der Waals surface area contributed by atoms with Crippen LogP contribution in [0.25, 0.3) is 11.1 Å². The normalized spacial score (nSPS) is 12.2. The van der Waals surface area contributed by atoms with Crippen LogP contribution in [0.1, 0.15) is 52.6 Å². The molecule has 3 N–H and O–H groups in total. The number of rotatable bonds is 13. The Hall–Kier alpha value is -4.48. The van der Waals surface area contributed by atoms with Crippen LogP contribution in [0.3, 0.4) is 0 Å². The first-order valence-electron chi connectivity index (χ1n) is 13.3. The maximum atomic E-state index is 13.5. The van der Waals surface area contributed by atoms with Gasteiger partial charge in [-0.25, -0.2) is 0 Å². The van der Waals surface area contributed by atoms with Gasteiger partial charge >= 0.3 is 0 Å². The summed E-state index contributed by atoms with van der Waals surface area (Å²) in [5, 5.41) is 19.0. The lowest BCUT2D eigenvalue weighted by molar-refractivity contribution is -0.122. The summed E-state index contributed by atoms with van der Waals surface area (Å²) in [7, 11) is 1.48. The minimum atomic E-state index is -0.448. The first-order valence-corrected chi connectivity index (χ1v) is 13.3. The Morgan fingerprint density at radius 2 is 1.75 bits per heavy atom. The van der Waals surface area contributed by atoms with Crippen LogP contribution in [0.15, 0.2) is 66.7 Å². The zero-order valence-electron chi connectivity index (χ0n) is 23.4. The molecule has 208 valence electrons. The quantitative estimate of drug-likeness (QED) is 0.280. The Labute approximate surface area is 235 Å². The van der Waals surface area contributed by atoms with Crippen molar-refractivity contribution in [1.29, 1.82) is 5.26 Å². The molecular weight excluding hydrogens is 504 g/mol. The first kappa shape index (κ1) is 30.1. The maximum Gasteiger partial charge on any atom is 0.251 e. The summed E-state index contributed by atoms with van der Waals surface area (Å²) in [6, 6.07) is 21.1. The van der Waals surface area contributed by atoms with Crippen molar-refractivity contribution in [3.05, 3.63) is 89.0 Å². The molecule has 0 aliphatic heterocycles. The van der Waals surface area contributed by atoms with Gasteiger partial charge in [-0.05, 0) is 54.7 Å². The molecule has 0 heterocycles. The van der Waals surface area contributed by atoms with Gasteiger partial charge in [0.05, 0.1) is 13.2 Å². The van der Waals surface area contributed by atoms with Gasteiger partial charge in [-0.2, -0.15) is 5.26 Å². The molecule has 0 unspecified atom stereocenters. The van der Waals surface area contributed by atoms with E-state index in [0.717, 1.165) is 5.56 Å². The Bertz CT molecular complexity index is 1370. The zero-order chi connectivity index (χ0) is 29.1. The minimum Gasteiger partial charge on any atom is -0.495 e. The number of ether oxygens (including phenoxy) is 1. The number of amides is 2. The minimum absolute atomic E-state index is 0.103. The molecule has 0 radical (unpaired) electrons. The Morgan fingerprint density at radius 1 is 1.00 bits per heavy atom. The van der Waals surface area contributed by atoms with Gasteiger partial charge in [0.15, 0.2) is 0 Å². The largest absolute Gasteiger partial charge is 0.495 e. The van der Waals surface area contributed by atoms with Gasteiger partial charge in [0.1, 0.15) is 23.7 Å². The maximum absolute atomic E-state index is 13.5. The van der Waals surface area contributed by atoms with Gasteiger partial charge in [0.25, 0.3) is 5.91 Å². The molecule has 8 nitrogen and oxygen atoms in total. The highest BCUT2D eigenvalue weighted by molar-refractivity contribution is 5.98. The van der Waals surface area contributed by atoms with Gasteiger partial charge in [-0.3, -0.25) is 14.4 Å². The highest BCUT2D eigenvalue weighted by atomic mass is 16.5. The second kappa shape index (κ2) is 14.6. The summed E-state index contributed by atoms with van der Waals surface area (Å²) in [6.07, 6.45) is 1.21. The molecule has 3 rings (SSSR count). The average molecular weight is 541 g/mol. The number of methoxy groups -OCH3 is 1. The molecule has 2 amide bonds. The van der Waals surface area contributed by atoms with Crippen LogP contribution in [0.2, 0.25) is 0 Å². The van der Waals surface area contributed by atoms with E-state index >= 15 is 0 Å². The summed E-state index contributed by atoms with van der Waals surface area (Å²) in [4.78, 5) is 37.8. The number of hydrogen-bond donors (Lipinski definition) is 3. The van der Waals surface area contributed by atoms with E-state index in [0.29, 0.717) is 59.7 Å². The van der Waals surface area contributed by atoms with E-state index in [1.807, 2.05) is 44.2 Å². The number of aldehydes is 1. The van der Waals surface area contributed by atoms with Crippen LogP contribution in [-0.2, 0) is 11.2 Å². The molecule has 40 heavy (non-hydrogen) atoms. The average Bonchev–Trinajstić information content (AvgIpc) is 2.97. The monoisotopic (exact) mass is 540 g/mol. The van der Waals surface area contributed by atoms with Gasteiger partial charge in [0, 0.05) is 35.8 Å². The number of hydrogen-bond acceptors (Lipinski definition) is 6. The third-order valence-electron chi connectivity index (χ3n) is 6.43. The van der Waals surface area contributed by atoms with E-state index in [1.54, 1.807) is 37.3 Å². The lowest BCUT2D eigenvalue weighted by Crippen LogP contribution is -2.50. The predicted octanol–water partition coefficient (Wildman–Crippen LogP) is 4.14. The van der Waals surface area contributed by atoms with Gasteiger partial charge in [-0.15, -0.1) is 0 Å². The topological polar surface area (TPSA) is 120 Å². The van der Waals surface area contributed by atoms with Crippen LogP contribution in [-0.4, -0.2) is 50.4 Å². The van der Waals surface area contributed by atoms with E-state index in [1.165, 1.54) is 13.2 Å². The van der Waals surface area contributed by atoms with Crippen LogP contribution in [0.4, 0.5) is 0 Å². The smallest absolute Gasteiger partial charge is 0.251 e. The molecule has 3 aromatic carbocycles. The molecule has 2 atom stereocenters. The van der Waals surface area contributed by atoms with Crippen molar-refractivity contribution >= 4 is 18.1 Å². The fourth-order valence-corrected chi connectivity index (χ4v) is 4.27. The summed E-state index contributed by atoms with van der Waals surface area (Å²) in [6.45, 7) is 6.79. The molecule has 0 bridgehead atoms. The molecule has 0 fully saturated rings. The summed E-state index contributed by atoms with van der Waals surface area (Å²) >= 11 is 0. The molecule has 0 saturated heterocycles. The zero-order valence-corrected chi connectivity index (χ0v) is 23.4. The Kier molecular flexibility index (Phi) is 11.0. The summed E-state index contributed by atoms with van der Waals surface area (Å²) in [5.74, 6) is 0.275. The fraction of sp³-hybridized carbons (Fsp3) is 0.312. The van der Waals surface area contributed by atoms with Crippen molar-refractivity contribution in [3.63, 3.8) is 0 Å². The lowest BCUT2D eigenvalue weighted by Gasteiger charge is -2.23. The standard InChI is InChI=1S/C32H36N4O4/c1-21(2)18-35-31(38)22(3)34-19-27(15-23-9-6-5-7-10-23)36-32(39)26-14-24(20-37)13-25(16-26)28-11-8-12-30(40-4)29(28)17-33/h5-14,16,20-22,27,34H,15,18-19H2,1-4H3,(H,35,38)(H,36,39)/t22-,27-/m0/s1. The predicted molar refractivity (Wildman–Crippen MR) is 155 cm³/mol. The van der Waals surface area contributed by atoms with E-state index in [2.05, 4.69) is 22.0 Å². The van der Waals surface area contributed by atoms with Crippen molar-refractivity contribution in [2.24, 2.45) is 5.92 Å². The van der Waals surface area contributed by atoms with Crippen LogP contribution < -0.4 is 20.7 Å². The van der Waals surface area contributed by atoms with Crippen molar-refractivity contribution in [2.75, 3.05) is 20.2 Å². The van der Waals surface area contributed by atoms with Crippen molar-refractivity contribution < 1.29 is 19.1 Å². The van der Waals surface area contributed by atoms with Gasteiger partial charge in [-0.1, -0.05) is 56.3 Å². The second-order valence-electron chi connectivity index (χ2n) is 10.1. The van der Waals surface area contributed by atoms with Gasteiger partial charge in [0.2, 0.25) is 5.91 Å². The van der Waals surface area contributed by atoms with E-state index in [4.69, 9.17) is 4.74 Å². The number of carbonyl (C=O) groups excluding carboxylic acids is 3. The van der Waals surface area contributed by atoms with E-state index in [9.17, 15) is 19.6 Å². The van der Waals surface area contributed by atoms with Crippen LogP contribution in [0, 0.1) is 17.2 Å². The Balaban J connectivity index is 1.85. The van der Waals surface area contributed by atoms with Crippen molar-refractivity contribution in [2.45, 2.75) is 39.3 Å². The molecule has 0 aliphatic rings. The number of carbonyl (C=O) groups is 3. The summed E-state index contributed by atoms with van der Waals surface area (Å²) in [5.41, 5.74) is 3.05. The third kappa shape index (κ3) is 8.26. The van der Waals surface area contributed by atoms with Crippen LogP contribution in [0.5, 0.6) is 5.75 Å². The molecule has 0 aliphatic carbocycles. The first-order chi connectivity index (χ1) is 19.2. The fourth-order valence-electron chi connectivity index (χ4n) is 4.27. The van der Waals surface area contributed by atoms with E-state index in [-0.39, 0.29) is 23.4 Å². The van der Waals surface area contributed by atoms with Gasteiger partial charge < -0.3 is 20.7 Å². The second-order valence-corrected chi connectivity index (χ2v) is 10.1. The highest BCUT2D eigenvalue weighted by Crippen LogP contribution is 2.31.